The first-order valence-electron chi connectivity index (χ1n) is 7.88. The molecular weight excluding hydrogens is 332 g/mol. The quantitative estimate of drug-likeness (QED) is 0.782. The van der Waals surface area contributed by atoms with E-state index in [1.165, 1.54) is 23.4 Å². The van der Waals surface area contributed by atoms with E-state index in [-0.39, 0.29) is 5.91 Å². The number of hydrogen-bond donors (Lipinski definition) is 1. The highest BCUT2D eigenvalue weighted by Gasteiger charge is 2.16. The van der Waals surface area contributed by atoms with Crippen LogP contribution in [0.2, 0.25) is 5.02 Å². The fraction of sp³-hybridized carbons (Fsp3) is 0.412. The van der Waals surface area contributed by atoms with E-state index < -0.39 is 0 Å². The third kappa shape index (κ3) is 4.45. The number of benzene rings is 1. The Morgan fingerprint density at radius 3 is 2.96 bits per heavy atom. The third-order valence-electron chi connectivity index (χ3n) is 3.73. The van der Waals surface area contributed by atoms with Gasteiger partial charge in [-0.2, -0.15) is 0 Å². The van der Waals surface area contributed by atoms with Gasteiger partial charge in [-0.1, -0.05) is 23.7 Å². The van der Waals surface area contributed by atoms with Crippen LogP contribution in [0.3, 0.4) is 0 Å². The maximum atomic E-state index is 12.0. The second kappa shape index (κ2) is 7.79. The van der Waals surface area contributed by atoms with Crippen molar-refractivity contribution < 1.29 is 9.53 Å². The van der Waals surface area contributed by atoms with Gasteiger partial charge in [-0.05, 0) is 44.2 Å². The van der Waals surface area contributed by atoms with E-state index in [4.69, 9.17) is 16.3 Å². The summed E-state index contributed by atoms with van der Waals surface area (Å²) in [6.45, 7) is 0.464. The zero-order valence-corrected chi connectivity index (χ0v) is 14.4. The number of aromatic nitrogens is 1. The molecule has 1 heterocycles. The van der Waals surface area contributed by atoms with Crippen LogP contribution < -0.4 is 10.1 Å². The molecule has 0 aliphatic heterocycles. The molecule has 0 spiro atoms. The molecule has 1 aromatic carbocycles. The standard InChI is InChI=1S/C17H19ClN2O2S/c18-12-6-1-3-8-14(12)22-11-5-10-16(21)20-17-19-13-7-2-4-9-15(13)23-17/h1,3,6,8H,2,4-5,7,9-11H2,(H,19,20,21). The number of thiazole rings is 1. The molecule has 0 saturated heterocycles. The average Bonchev–Trinajstić information content (AvgIpc) is 2.95. The van der Waals surface area contributed by atoms with Crippen LogP contribution in [0.25, 0.3) is 0 Å². The lowest BCUT2D eigenvalue weighted by Crippen LogP contribution is -2.12. The van der Waals surface area contributed by atoms with Gasteiger partial charge in [-0.15, -0.1) is 11.3 Å². The Hall–Kier alpha value is -1.59. The minimum Gasteiger partial charge on any atom is -0.492 e. The summed E-state index contributed by atoms with van der Waals surface area (Å²) >= 11 is 7.62. The van der Waals surface area contributed by atoms with Crippen molar-refractivity contribution in [2.24, 2.45) is 0 Å². The highest BCUT2D eigenvalue weighted by molar-refractivity contribution is 7.15. The number of hydrogen-bond acceptors (Lipinski definition) is 4. The normalized spacial score (nSPS) is 13.4. The highest BCUT2D eigenvalue weighted by atomic mass is 35.5. The second-order valence-corrected chi connectivity index (χ2v) is 7.02. The van der Waals surface area contributed by atoms with E-state index in [2.05, 4.69) is 10.3 Å². The maximum Gasteiger partial charge on any atom is 0.226 e. The Balaban J connectivity index is 1.41. The molecule has 0 fully saturated rings. The van der Waals surface area contributed by atoms with Gasteiger partial charge in [-0.25, -0.2) is 4.98 Å². The van der Waals surface area contributed by atoms with Crippen LogP contribution in [0, 0.1) is 0 Å². The molecule has 0 radical (unpaired) electrons. The number of para-hydroxylation sites is 1. The molecule has 1 aromatic heterocycles. The van der Waals surface area contributed by atoms with E-state index in [0.29, 0.717) is 30.2 Å². The van der Waals surface area contributed by atoms with Gasteiger partial charge in [-0.3, -0.25) is 4.79 Å². The van der Waals surface area contributed by atoms with Gasteiger partial charge in [0.15, 0.2) is 5.13 Å². The molecule has 0 unspecified atom stereocenters. The average molecular weight is 351 g/mol. The van der Waals surface area contributed by atoms with Gasteiger partial charge in [0.1, 0.15) is 5.75 Å². The van der Waals surface area contributed by atoms with Crippen LogP contribution in [-0.4, -0.2) is 17.5 Å². The van der Waals surface area contributed by atoms with Crippen molar-refractivity contribution in [3.05, 3.63) is 39.9 Å². The summed E-state index contributed by atoms with van der Waals surface area (Å²) in [7, 11) is 0. The summed E-state index contributed by atoms with van der Waals surface area (Å²) in [5.74, 6) is 0.640. The Bertz CT molecular complexity index is 663. The topological polar surface area (TPSA) is 51.2 Å². The molecule has 3 rings (SSSR count). The molecule has 0 atom stereocenters. The number of aryl methyl sites for hydroxylation is 2. The smallest absolute Gasteiger partial charge is 0.226 e. The predicted molar refractivity (Wildman–Crippen MR) is 93.6 cm³/mol. The summed E-state index contributed by atoms with van der Waals surface area (Å²) < 4.78 is 5.58. The summed E-state index contributed by atoms with van der Waals surface area (Å²) in [4.78, 5) is 17.8. The fourth-order valence-electron chi connectivity index (χ4n) is 2.56. The van der Waals surface area contributed by atoms with Crippen molar-refractivity contribution in [2.75, 3.05) is 11.9 Å². The van der Waals surface area contributed by atoms with Gasteiger partial charge in [0.25, 0.3) is 0 Å². The zero-order valence-electron chi connectivity index (χ0n) is 12.8. The first-order valence-corrected chi connectivity index (χ1v) is 9.07. The van der Waals surface area contributed by atoms with Crippen LogP contribution in [0.15, 0.2) is 24.3 Å². The molecular formula is C17H19ClN2O2S. The SMILES string of the molecule is O=C(CCCOc1ccccc1Cl)Nc1nc2c(s1)CCCC2. The summed E-state index contributed by atoms with van der Waals surface area (Å²) in [6.07, 6.45) is 5.60. The van der Waals surface area contributed by atoms with Gasteiger partial charge in [0.2, 0.25) is 5.91 Å². The van der Waals surface area contributed by atoms with Gasteiger partial charge in [0, 0.05) is 11.3 Å². The number of halogens is 1. The molecule has 0 saturated carbocycles. The van der Waals surface area contributed by atoms with E-state index in [1.807, 2.05) is 18.2 Å². The molecule has 4 nitrogen and oxygen atoms in total. The molecule has 1 aliphatic carbocycles. The van der Waals surface area contributed by atoms with Crippen molar-refractivity contribution in [1.82, 2.24) is 4.98 Å². The first kappa shape index (κ1) is 16.3. The number of anilines is 1. The van der Waals surface area contributed by atoms with Crippen LogP contribution in [-0.2, 0) is 17.6 Å². The number of ether oxygens (including phenoxy) is 1. The minimum absolute atomic E-state index is 0.0149. The van der Waals surface area contributed by atoms with Gasteiger partial charge < -0.3 is 10.1 Å². The lowest BCUT2D eigenvalue weighted by molar-refractivity contribution is -0.116. The number of fused-ring (bicyclic) bond motifs is 1. The van der Waals surface area contributed by atoms with Crippen molar-refractivity contribution >= 4 is 34.0 Å². The Morgan fingerprint density at radius 1 is 1.30 bits per heavy atom. The molecule has 122 valence electrons. The van der Waals surface area contributed by atoms with Crippen molar-refractivity contribution in [2.45, 2.75) is 38.5 Å². The largest absolute Gasteiger partial charge is 0.492 e. The lowest BCUT2D eigenvalue weighted by Gasteiger charge is -2.07. The number of amides is 1. The number of rotatable bonds is 6. The monoisotopic (exact) mass is 350 g/mol. The van der Waals surface area contributed by atoms with E-state index >= 15 is 0 Å². The maximum absolute atomic E-state index is 12.0. The van der Waals surface area contributed by atoms with Crippen LogP contribution in [0.5, 0.6) is 5.75 Å². The van der Waals surface area contributed by atoms with Crippen LogP contribution in [0.4, 0.5) is 5.13 Å². The second-order valence-electron chi connectivity index (χ2n) is 5.53. The molecule has 23 heavy (non-hydrogen) atoms. The molecule has 6 heteroatoms. The van der Waals surface area contributed by atoms with Crippen LogP contribution in [0.1, 0.15) is 36.3 Å². The number of nitrogens with one attached hydrogen (secondary N) is 1. The van der Waals surface area contributed by atoms with E-state index in [9.17, 15) is 4.79 Å². The van der Waals surface area contributed by atoms with Crippen LogP contribution >= 0.6 is 22.9 Å². The van der Waals surface area contributed by atoms with Crippen molar-refractivity contribution in [3.63, 3.8) is 0 Å². The molecule has 0 bridgehead atoms. The highest BCUT2D eigenvalue weighted by Crippen LogP contribution is 2.29. The fourth-order valence-corrected chi connectivity index (χ4v) is 3.82. The lowest BCUT2D eigenvalue weighted by atomic mass is 10.0. The third-order valence-corrected chi connectivity index (χ3v) is 5.12. The Morgan fingerprint density at radius 2 is 2.13 bits per heavy atom. The predicted octanol–water partition coefficient (Wildman–Crippen LogP) is 4.47. The van der Waals surface area contributed by atoms with Crippen molar-refractivity contribution in [1.29, 1.82) is 0 Å². The Kier molecular flexibility index (Phi) is 5.51. The first-order chi connectivity index (χ1) is 11.2. The summed E-state index contributed by atoms with van der Waals surface area (Å²) in [6, 6.07) is 7.34. The van der Waals surface area contributed by atoms with Crippen molar-refractivity contribution in [3.8, 4) is 5.75 Å². The summed E-state index contributed by atoms with van der Waals surface area (Å²) in [5, 5.41) is 4.21. The molecule has 1 aliphatic rings. The minimum atomic E-state index is -0.0149. The van der Waals surface area contributed by atoms with E-state index in [1.54, 1.807) is 17.4 Å². The van der Waals surface area contributed by atoms with Gasteiger partial charge >= 0.3 is 0 Å². The molecule has 2 aromatic rings. The van der Waals surface area contributed by atoms with E-state index in [0.717, 1.165) is 18.0 Å². The number of carbonyl (C=O) groups excluding carboxylic acids is 1. The molecule has 1 N–H and O–H groups in total. The summed E-state index contributed by atoms with van der Waals surface area (Å²) in [5.41, 5.74) is 1.17. The Labute approximate surface area is 144 Å². The number of carbonyl (C=O) groups is 1. The van der Waals surface area contributed by atoms with Gasteiger partial charge in [0.05, 0.1) is 17.3 Å². The number of nitrogens with zero attached hydrogens (tertiary/aromatic N) is 1. The zero-order chi connectivity index (χ0) is 16.1. The molecule has 1 amide bonds.